The Labute approximate surface area is 78.3 Å². The summed E-state index contributed by atoms with van der Waals surface area (Å²) in [5, 5.41) is 0. The Balaban J connectivity index is 2.10. The summed E-state index contributed by atoms with van der Waals surface area (Å²) in [5.74, 6) is 1.02. The predicted molar refractivity (Wildman–Crippen MR) is 51.7 cm³/mol. The molecule has 0 aromatic carbocycles. The lowest BCUT2D eigenvalue weighted by atomic mass is 10.3. The summed E-state index contributed by atoms with van der Waals surface area (Å²) in [5.41, 5.74) is 0.956. The second kappa shape index (κ2) is 3.75. The van der Waals surface area contributed by atoms with Gasteiger partial charge in [0.05, 0.1) is 13.2 Å². The second-order valence-corrected chi connectivity index (χ2v) is 3.12. The van der Waals surface area contributed by atoms with Crippen LogP contribution in [0.5, 0.6) is 0 Å². The monoisotopic (exact) mass is 177 g/mol. The van der Waals surface area contributed by atoms with Gasteiger partial charge in [0.25, 0.3) is 0 Å². The highest BCUT2D eigenvalue weighted by Crippen LogP contribution is 2.12. The van der Waals surface area contributed by atoms with Crippen LogP contribution in [0.4, 0.5) is 5.82 Å². The summed E-state index contributed by atoms with van der Waals surface area (Å²) in [7, 11) is 0. The molecule has 0 aliphatic carbocycles. The SMILES string of the molecule is [CH2]c1ccc(N2CCOCC2)nc1. The van der Waals surface area contributed by atoms with E-state index in [1.54, 1.807) is 6.20 Å². The maximum Gasteiger partial charge on any atom is 0.128 e. The standard InChI is InChI=1S/C10H13N2O/c1-9-2-3-10(11-8-9)12-4-6-13-7-5-12/h2-3,8H,1,4-7H2. The third-order valence-corrected chi connectivity index (χ3v) is 2.14. The molecule has 69 valence electrons. The van der Waals surface area contributed by atoms with Gasteiger partial charge in [-0.15, -0.1) is 0 Å². The van der Waals surface area contributed by atoms with Gasteiger partial charge in [-0.05, 0) is 18.6 Å². The molecule has 2 rings (SSSR count). The first-order chi connectivity index (χ1) is 6.36. The molecule has 1 radical (unpaired) electrons. The summed E-state index contributed by atoms with van der Waals surface area (Å²) in [6.07, 6.45) is 1.80. The number of pyridine rings is 1. The highest BCUT2D eigenvalue weighted by molar-refractivity contribution is 5.39. The number of hydrogen-bond donors (Lipinski definition) is 0. The maximum absolute atomic E-state index is 5.26. The highest BCUT2D eigenvalue weighted by Gasteiger charge is 2.11. The third kappa shape index (κ3) is 1.98. The number of hydrogen-bond acceptors (Lipinski definition) is 3. The van der Waals surface area contributed by atoms with Crippen LogP contribution < -0.4 is 4.90 Å². The van der Waals surface area contributed by atoms with Gasteiger partial charge in [-0.1, -0.05) is 6.07 Å². The lowest BCUT2D eigenvalue weighted by molar-refractivity contribution is 0.122. The van der Waals surface area contributed by atoms with Crippen molar-refractivity contribution in [2.24, 2.45) is 0 Å². The fourth-order valence-electron chi connectivity index (χ4n) is 1.40. The van der Waals surface area contributed by atoms with E-state index >= 15 is 0 Å². The number of aromatic nitrogens is 1. The summed E-state index contributed by atoms with van der Waals surface area (Å²) >= 11 is 0. The van der Waals surface area contributed by atoms with Crippen LogP contribution in [0.25, 0.3) is 0 Å². The number of ether oxygens (including phenoxy) is 1. The van der Waals surface area contributed by atoms with Crippen molar-refractivity contribution in [3.63, 3.8) is 0 Å². The molecule has 1 aliphatic heterocycles. The summed E-state index contributed by atoms with van der Waals surface area (Å²) in [4.78, 5) is 6.53. The molecule has 1 saturated heterocycles. The topological polar surface area (TPSA) is 25.4 Å². The molecule has 0 spiro atoms. The molecular weight excluding hydrogens is 164 g/mol. The fourth-order valence-corrected chi connectivity index (χ4v) is 1.40. The Morgan fingerprint density at radius 1 is 1.31 bits per heavy atom. The van der Waals surface area contributed by atoms with Gasteiger partial charge in [0, 0.05) is 19.3 Å². The van der Waals surface area contributed by atoms with Gasteiger partial charge >= 0.3 is 0 Å². The molecule has 0 amide bonds. The van der Waals surface area contributed by atoms with Crippen molar-refractivity contribution in [1.82, 2.24) is 4.98 Å². The molecule has 0 N–H and O–H groups in total. The molecule has 13 heavy (non-hydrogen) atoms. The molecule has 1 aliphatic rings. The second-order valence-electron chi connectivity index (χ2n) is 3.12. The molecule has 1 aromatic rings. The minimum absolute atomic E-state index is 0.799. The normalized spacial score (nSPS) is 17.5. The van der Waals surface area contributed by atoms with Crippen molar-refractivity contribution in [2.45, 2.75) is 0 Å². The predicted octanol–water partition coefficient (Wildman–Crippen LogP) is 1.10. The van der Waals surface area contributed by atoms with Crippen LogP contribution in [0.1, 0.15) is 5.56 Å². The Hall–Kier alpha value is -1.09. The molecule has 2 heterocycles. The van der Waals surface area contributed by atoms with E-state index in [-0.39, 0.29) is 0 Å². The van der Waals surface area contributed by atoms with E-state index < -0.39 is 0 Å². The van der Waals surface area contributed by atoms with Gasteiger partial charge in [-0.3, -0.25) is 0 Å². The molecule has 0 saturated carbocycles. The minimum Gasteiger partial charge on any atom is -0.378 e. The molecule has 0 bridgehead atoms. The van der Waals surface area contributed by atoms with Crippen LogP contribution in [-0.4, -0.2) is 31.3 Å². The lowest BCUT2D eigenvalue weighted by Gasteiger charge is -2.27. The number of morpholine rings is 1. The van der Waals surface area contributed by atoms with Gasteiger partial charge in [0.2, 0.25) is 0 Å². The van der Waals surface area contributed by atoms with Gasteiger partial charge in [-0.25, -0.2) is 4.98 Å². The van der Waals surface area contributed by atoms with Crippen LogP contribution >= 0.6 is 0 Å². The molecule has 0 unspecified atom stereocenters. The zero-order valence-electron chi connectivity index (χ0n) is 7.57. The molecule has 3 heteroatoms. The van der Waals surface area contributed by atoms with Crippen molar-refractivity contribution in [2.75, 3.05) is 31.2 Å². The number of nitrogens with zero attached hydrogens (tertiary/aromatic N) is 2. The van der Waals surface area contributed by atoms with Crippen LogP contribution in [0.3, 0.4) is 0 Å². The van der Waals surface area contributed by atoms with Gasteiger partial charge in [-0.2, -0.15) is 0 Å². The van der Waals surface area contributed by atoms with Crippen molar-refractivity contribution in [3.8, 4) is 0 Å². The zero-order valence-corrected chi connectivity index (χ0v) is 7.57. The van der Waals surface area contributed by atoms with E-state index in [4.69, 9.17) is 4.74 Å². The Morgan fingerprint density at radius 2 is 2.08 bits per heavy atom. The average Bonchev–Trinajstić information content (AvgIpc) is 2.20. The fraction of sp³-hybridized carbons (Fsp3) is 0.400. The average molecular weight is 177 g/mol. The molecule has 1 fully saturated rings. The van der Waals surface area contributed by atoms with Crippen molar-refractivity contribution in [1.29, 1.82) is 0 Å². The van der Waals surface area contributed by atoms with E-state index in [0.717, 1.165) is 37.7 Å². The van der Waals surface area contributed by atoms with E-state index in [1.165, 1.54) is 0 Å². The van der Waals surface area contributed by atoms with E-state index in [1.807, 2.05) is 12.1 Å². The molecule has 3 nitrogen and oxygen atoms in total. The maximum atomic E-state index is 5.26. The van der Waals surface area contributed by atoms with E-state index in [2.05, 4.69) is 16.8 Å². The van der Waals surface area contributed by atoms with Crippen molar-refractivity contribution >= 4 is 5.82 Å². The summed E-state index contributed by atoms with van der Waals surface area (Å²) in [6.45, 7) is 7.27. The first kappa shape index (κ1) is 8.51. The number of rotatable bonds is 1. The molecular formula is C10H13N2O. The first-order valence-corrected chi connectivity index (χ1v) is 4.47. The van der Waals surface area contributed by atoms with E-state index in [9.17, 15) is 0 Å². The smallest absolute Gasteiger partial charge is 0.128 e. The first-order valence-electron chi connectivity index (χ1n) is 4.47. The Morgan fingerprint density at radius 3 is 2.69 bits per heavy atom. The van der Waals surface area contributed by atoms with Gasteiger partial charge in [0.1, 0.15) is 5.82 Å². The Bertz CT molecular complexity index is 265. The van der Waals surface area contributed by atoms with Crippen molar-refractivity contribution < 1.29 is 4.74 Å². The van der Waals surface area contributed by atoms with Crippen LogP contribution in [0, 0.1) is 6.92 Å². The van der Waals surface area contributed by atoms with E-state index in [0.29, 0.717) is 0 Å². The van der Waals surface area contributed by atoms with Crippen molar-refractivity contribution in [3.05, 3.63) is 30.8 Å². The lowest BCUT2D eigenvalue weighted by Crippen LogP contribution is -2.36. The number of anilines is 1. The zero-order chi connectivity index (χ0) is 9.10. The third-order valence-electron chi connectivity index (χ3n) is 2.14. The van der Waals surface area contributed by atoms with Crippen LogP contribution in [0.15, 0.2) is 18.3 Å². The van der Waals surface area contributed by atoms with Gasteiger partial charge in [0.15, 0.2) is 0 Å². The van der Waals surface area contributed by atoms with Crippen LogP contribution in [0.2, 0.25) is 0 Å². The molecule has 1 aromatic heterocycles. The minimum atomic E-state index is 0.799. The summed E-state index contributed by atoms with van der Waals surface area (Å²) < 4.78 is 5.26. The summed E-state index contributed by atoms with van der Waals surface area (Å²) in [6, 6.07) is 3.99. The quantitative estimate of drug-likeness (QED) is 0.642. The highest BCUT2D eigenvalue weighted by atomic mass is 16.5. The van der Waals surface area contributed by atoms with Gasteiger partial charge < -0.3 is 9.64 Å². The molecule has 0 atom stereocenters. The van der Waals surface area contributed by atoms with Crippen LogP contribution in [-0.2, 0) is 4.74 Å². The largest absolute Gasteiger partial charge is 0.378 e. The Kier molecular flexibility index (Phi) is 2.45.